The molecule has 166 valence electrons. The van der Waals surface area contributed by atoms with E-state index in [1.54, 1.807) is 0 Å². The summed E-state index contributed by atoms with van der Waals surface area (Å²) in [6, 6.07) is 39.2. The molecule has 0 saturated carbocycles. The molecule has 0 aromatic heterocycles. The summed E-state index contributed by atoms with van der Waals surface area (Å²) in [6.07, 6.45) is 0. The van der Waals surface area contributed by atoms with Crippen LogP contribution >= 0.6 is 0 Å². The third-order valence-corrected chi connectivity index (χ3v) is 5.49. The van der Waals surface area contributed by atoms with Crippen molar-refractivity contribution in [3.63, 3.8) is 0 Å². The molecule has 0 spiro atoms. The average Bonchev–Trinajstić information content (AvgIpc) is 2.88. The first-order chi connectivity index (χ1) is 16.7. The monoisotopic (exact) mass is 444 g/mol. The maximum atomic E-state index is 6.36. The van der Waals surface area contributed by atoms with Crippen LogP contribution in [0.15, 0.2) is 121 Å². The van der Waals surface area contributed by atoms with Gasteiger partial charge in [0.2, 0.25) is 0 Å². The maximum absolute atomic E-state index is 6.36. The second kappa shape index (κ2) is 9.43. The minimum Gasteiger partial charge on any atom is -0.453 e. The molecule has 0 radical (unpaired) electrons. The predicted molar refractivity (Wildman–Crippen MR) is 139 cm³/mol. The zero-order valence-corrected chi connectivity index (χ0v) is 18.5. The number of para-hydroxylation sites is 1. The van der Waals surface area contributed by atoms with Gasteiger partial charge in [-0.15, -0.1) is 0 Å². The lowest BCUT2D eigenvalue weighted by molar-refractivity contribution is 0.420. The van der Waals surface area contributed by atoms with Crippen LogP contribution < -0.4 is 20.9 Å². The van der Waals surface area contributed by atoms with Crippen molar-refractivity contribution < 1.29 is 9.47 Å². The Bertz CT molecular complexity index is 1380. The van der Waals surface area contributed by atoms with E-state index in [2.05, 4.69) is 36.4 Å². The van der Waals surface area contributed by atoms with Crippen LogP contribution in [0.4, 0.5) is 11.4 Å². The first-order valence-corrected chi connectivity index (χ1v) is 11.0. The van der Waals surface area contributed by atoms with Gasteiger partial charge in [-0.25, -0.2) is 0 Å². The van der Waals surface area contributed by atoms with E-state index in [4.69, 9.17) is 20.9 Å². The lowest BCUT2D eigenvalue weighted by Crippen LogP contribution is -1.94. The SMILES string of the molecule is Nc1ccc(Oc2cccc(-c3ccc(-c4ccccc4)cc3)c2Oc2ccc(N)cc2)cc1. The van der Waals surface area contributed by atoms with Crippen LogP contribution in [0, 0.1) is 0 Å². The Morgan fingerprint density at radius 2 is 0.941 bits per heavy atom. The van der Waals surface area contributed by atoms with Crippen LogP contribution in [0.2, 0.25) is 0 Å². The van der Waals surface area contributed by atoms with E-state index in [9.17, 15) is 0 Å². The minimum atomic E-state index is 0.603. The molecule has 5 aromatic rings. The van der Waals surface area contributed by atoms with E-state index >= 15 is 0 Å². The Labute approximate surface area is 199 Å². The molecule has 34 heavy (non-hydrogen) atoms. The highest BCUT2D eigenvalue weighted by molar-refractivity contribution is 5.77. The molecule has 0 aliphatic carbocycles. The number of anilines is 2. The molecule has 0 bridgehead atoms. The molecule has 5 rings (SSSR count). The van der Waals surface area contributed by atoms with Gasteiger partial charge in [-0.05, 0) is 71.3 Å². The lowest BCUT2D eigenvalue weighted by atomic mass is 9.99. The highest BCUT2D eigenvalue weighted by Gasteiger charge is 2.15. The van der Waals surface area contributed by atoms with Gasteiger partial charge in [0.05, 0.1) is 0 Å². The Kier molecular flexibility index (Phi) is 5.87. The zero-order chi connectivity index (χ0) is 23.3. The molecular formula is C30H24N2O2. The molecule has 0 amide bonds. The van der Waals surface area contributed by atoms with Crippen molar-refractivity contribution in [2.75, 3.05) is 11.5 Å². The quantitative estimate of drug-likeness (QED) is 0.262. The van der Waals surface area contributed by atoms with Crippen molar-refractivity contribution >= 4 is 11.4 Å². The van der Waals surface area contributed by atoms with Crippen molar-refractivity contribution in [1.82, 2.24) is 0 Å². The standard InChI is InChI=1S/C30H24N2O2/c31-24-13-17-26(18-14-24)33-29-8-4-7-28(30(29)34-27-19-15-25(32)16-20-27)23-11-9-22(10-12-23)21-5-2-1-3-6-21/h1-20H,31-32H2. The van der Waals surface area contributed by atoms with Crippen LogP contribution in [0.5, 0.6) is 23.0 Å². The van der Waals surface area contributed by atoms with Gasteiger partial charge in [0.15, 0.2) is 11.5 Å². The van der Waals surface area contributed by atoms with E-state index < -0.39 is 0 Å². The first-order valence-electron chi connectivity index (χ1n) is 11.0. The molecule has 4 heteroatoms. The van der Waals surface area contributed by atoms with Gasteiger partial charge >= 0.3 is 0 Å². The average molecular weight is 445 g/mol. The topological polar surface area (TPSA) is 70.5 Å². The Morgan fingerprint density at radius 1 is 0.412 bits per heavy atom. The number of hydrogen-bond donors (Lipinski definition) is 2. The van der Waals surface area contributed by atoms with Crippen LogP contribution in [0.3, 0.4) is 0 Å². The molecule has 5 aromatic carbocycles. The number of ether oxygens (including phenoxy) is 2. The highest BCUT2D eigenvalue weighted by atomic mass is 16.5. The van der Waals surface area contributed by atoms with Crippen molar-refractivity contribution in [2.45, 2.75) is 0 Å². The molecule has 0 atom stereocenters. The predicted octanol–water partition coefficient (Wildman–Crippen LogP) is 7.77. The molecule has 4 N–H and O–H groups in total. The number of rotatable bonds is 6. The summed E-state index contributed by atoms with van der Waals surface area (Å²) in [4.78, 5) is 0. The van der Waals surface area contributed by atoms with Crippen LogP contribution in [-0.2, 0) is 0 Å². The fourth-order valence-electron chi connectivity index (χ4n) is 3.72. The van der Waals surface area contributed by atoms with Crippen molar-refractivity contribution in [3.05, 3.63) is 121 Å². The molecule has 0 fully saturated rings. The summed E-state index contributed by atoms with van der Waals surface area (Å²) in [7, 11) is 0. The van der Waals surface area contributed by atoms with E-state index in [1.807, 2.05) is 84.9 Å². The maximum Gasteiger partial charge on any atom is 0.177 e. The summed E-state index contributed by atoms with van der Waals surface area (Å²) in [5, 5.41) is 0. The lowest BCUT2D eigenvalue weighted by Gasteiger charge is -2.17. The number of nitrogens with two attached hydrogens (primary N) is 2. The largest absolute Gasteiger partial charge is 0.453 e. The summed E-state index contributed by atoms with van der Waals surface area (Å²) in [5.74, 6) is 2.57. The summed E-state index contributed by atoms with van der Waals surface area (Å²) in [5.41, 5.74) is 17.3. The molecule has 4 nitrogen and oxygen atoms in total. The molecular weight excluding hydrogens is 420 g/mol. The van der Waals surface area contributed by atoms with E-state index in [0.29, 0.717) is 34.4 Å². The van der Waals surface area contributed by atoms with Gasteiger partial charge in [0.25, 0.3) is 0 Å². The van der Waals surface area contributed by atoms with E-state index in [1.165, 1.54) is 5.56 Å². The van der Waals surface area contributed by atoms with Crippen molar-refractivity contribution in [3.8, 4) is 45.3 Å². The van der Waals surface area contributed by atoms with Gasteiger partial charge in [-0.3, -0.25) is 0 Å². The number of hydrogen-bond acceptors (Lipinski definition) is 4. The molecule has 0 aliphatic heterocycles. The fraction of sp³-hybridized carbons (Fsp3) is 0. The van der Waals surface area contributed by atoms with Gasteiger partial charge in [0, 0.05) is 16.9 Å². The minimum absolute atomic E-state index is 0.603. The van der Waals surface area contributed by atoms with E-state index in [0.717, 1.165) is 16.7 Å². The summed E-state index contributed by atoms with van der Waals surface area (Å²) < 4.78 is 12.6. The molecule has 0 aliphatic rings. The van der Waals surface area contributed by atoms with Crippen LogP contribution in [-0.4, -0.2) is 0 Å². The van der Waals surface area contributed by atoms with Gasteiger partial charge in [-0.1, -0.05) is 66.7 Å². The molecule has 0 heterocycles. The Hall–Kier alpha value is -4.70. The molecule has 0 unspecified atom stereocenters. The Morgan fingerprint density at radius 3 is 1.56 bits per heavy atom. The normalized spacial score (nSPS) is 10.6. The first kappa shape index (κ1) is 21.2. The second-order valence-electron chi connectivity index (χ2n) is 7.92. The smallest absolute Gasteiger partial charge is 0.177 e. The van der Waals surface area contributed by atoms with Crippen molar-refractivity contribution in [1.29, 1.82) is 0 Å². The third kappa shape index (κ3) is 4.71. The van der Waals surface area contributed by atoms with Crippen LogP contribution in [0.25, 0.3) is 22.3 Å². The highest BCUT2D eigenvalue weighted by Crippen LogP contribution is 2.43. The van der Waals surface area contributed by atoms with Crippen LogP contribution in [0.1, 0.15) is 0 Å². The van der Waals surface area contributed by atoms with Gasteiger partial charge < -0.3 is 20.9 Å². The zero-order valence-electron chi connectivity index (χ0n) is 18.5. The van der Waals surface area contributed by atoms with Gasteiger partial charge in [0.1, 0.15) is 11.5 Å². The molecule has 0 saturated heterocycles. The van der Waals surface area contributed by atoms with Gasteiger partial charge in [-0.2, -0.15) is 0 Å². The fourth-order valence-corrected chi connectivity index (χ4v) is 3.72. The summed E-state index contributed by atoms with van der Waals surface area (Å²) >= 11 is 0. The Balaban J connectivity index is 1.55. The second-order valence-corrected chi connectivity index (χ2v) is 7.92. The van der Waals surface area contributed by atoms with E-state index in [-0.39, 0.29) is 0 Å². The van der Waals surface area contributed by atoms with Crippen molar-refractivity contribution in [2.24, 2.45) is 0 Å². The third-order valence-electron chi connectivity index (χ3n) is 5.49. The summed E-state index contributed by atoms with van der Waals surface area (Å²) in [6.45, 7) is 0. The number of benzene rings is 5. The number of nitrogen functional groups attached to an aromatic ring is 2.